The van der Waals surface area contributed by atoms with Gasteiger partial charge in [-0.25, -0.2) is 0 Å². The summed E-state index contributed by atoms with van der Waals surface area (Å²) in [6.07, 6.45) is 2.27. The Bertz CT molecular complexity index is 871. The van der Waals surface area contributed by atoms with Crippen LogP contribution in [0.3, 0.4) is 0 Å². The van der Waals surface area contributed by atoms with Crippen molar-refractivity contribution in [2.45, 2.75) is 6.42 Å². The highest BCUT2D eigenvalue weighted by atomic mass is 35.5. The van der Waals surface area contributed by atoms with Gasteiger partial charge in [0.2, 0.25) is 5.91 Å². The number of rotatable bonds is 4. The lowest BCUT2D eigenvalue weighted by atomic mass is 10.1. The standard InChI is InChI=1S/C18H17ClN2O2/c1-21-11-12(14-5-3-4-6-16(14)21)9-18(22)20-15-10-13(19)7-8-17(15)23-2/h3-8,10-11H,9H2,1-2H3,(H,20,22). The van der Waals surface area contributed by atoms with Gasteiger partial charge in [0.15, 0.2) is 0 Å². The third-order valence-corrected chi connectivity index (χ3v) is 4.00. The quantitative estimate of drug-likeness (QED) is 0.786. The highest BCUT2D eigenvalue weighted by molar-refractivity contribution is 6.31. The molecule has 0 saturated heterocycles. The van der Waals surface area contributed by atoms with Crippen molar-refractivity contribution in [1.82, 2.24) is 4.57 Å². The van der Waals surface area contributed by atoms with Crippen LogP contribution in [-0.2, 0) is 18.3 Å². The molecule has 118 valence electrons. The zero-order chi connectivity index (χ0) is 16.4. The summed E-state index contributed by atoms with van der Waals surface area (Å²) in [5.74, 6) is 0.475. The molecule has 4 nitrogen and oxygen atoms in total. The molecule has 0 bridgehead atoms. The average Bonchev–Trinajstić information content (AvgIpc) is 2.84. The molecule has 0 unspecified atom stereocenters. The van der Waals surface area contributed by atoms with Crippen molar-refractivity contribution in [3.05, 3.63) is 59.2 Å². The van der Waals surface area contributed by atoms with E-state index in [0.29, 0.717) is 16.5 Å². The molecule has 0 aliphatic carbocycles. The number of carbonyl (C=O) groups is 1. The number of hydrogen-bond acceptors (Lipinski definition) is 2. The zero-order valence-corrected chi connectivity index (χ0v) is 13.7. The Morgan fingerprint density at radius 3 is 2.83 bits per heavy atom. The number of para-hydroxylation sites is 1. The Morgan fingerprint density at radius 2 is 2.04 bits per heavy atom. The fourth-order valence-electron chi connectivity index (χ4n) is 2.71. The lowest BCUT2D eigenvalue weighted by molar-refractivity contribution is -0.115. The predicted octanol–water partition coefficient (Wildman–Crippen LogP) is 4.02. The highest BCUT2D eigenvalue weighted by Crippen LogP contribution is 2.28. The number of ether oxygens (including phenoxy) is 1. The molecule has 0 radical (unpaired) electrons. The maximum absolute atomic E-state index is 12.4. The van der Waals surface area contributed by atoms with Crippen LogP contribution >= 0.6 is 11.6 Å². The first-order chi connectivity index (χ1) is 11.1. The first kappa shape index (κ1) is 15.4. The lowest BCUT2D eigenvalue weighted by Crippen LogP contribution is -2.14. The summed E-state index contributed by atoms with van der Waals surface area (Å²) >= 11 is 5.99. The van der Waals surface area contributed by atoms with Crippen LogP contribution < -0.4 is 10.1 Å². The molecule has 1 N–H and O–H groups in total. The van der Waals surface area contributed by atoms with E-state index in [4.69, 9.17) is 16.3 Å². The minimum absolute atomic E-state index is 0.109. The molecule has 0 atom stereocenters. The second-order valence-electron chi connectivity index (χ2n) is 5.35. The van der Waals surface area contributed by atoms with Crippen LogP contribution in [0.5, 0.6) is 5.75 Å². The van der Waals surface area contributed by atoms with E-state index in [-0.39, 0.29) is 12.3 Å². The molecule has 0 spiro atoms. The smallest absolute Gasteiger partial charge is 0.228 e. The van der Waals surface area contributed by atoms with E-state index in [2.05, 4.69) is 5.32 Å². The Kier molecular flexibility index (Phi) is 4.26. The summed E-state index contributed by atoms with van der Waals surface area (Å²) in [7, 11) is 3.54. The lowest BCUT2D eigenvalue weighted by Gasteiger charge is -2.10. The van der Waals surface area contributed by atoms with Gasteiger partial charge in [-0.15, -0.1) is 0 Å². The van der Waals surface area contributed by atoms with Crippen molar-refractivity contribution in [1.29, 1.82) is 0 Å². The summed E-state index contributed by atoms with van der Waals surface area (Å²) in [5.41, 5.74) is 2.67. The maximum atomic E-state index is 12.4. The van der Waals surface area contributed by atoms with Gasteiger partial charge >= 0.3 is 0 Å². The number of aromatic nitrogens is 1. The Hall–Kier alpha value is -2.46. The van der Waals surface area contributed by atoms with Crippen LogP contribution in [0, 0.1) is 0 Å². The topological polar surface area (TPSA) is 43.3 Å². The van der Waals surface area contributed by atoms with Crippen LogP contribution in [0.2, 0.25) is 5.02 Å². The number of amides is 1. The molecule has 0 aliphatic heterocycles. The van der Waals surface area contributed by atoms with Crippen molar-refractivity contribution < 1.29 is 9.53 Å². The molecule has 5 heteroatoms. The molecule has 1 aromatic heterocycles. The molecule has 0 saturated carbocycles. The van der Waals surface area contributed by atoms with E-state index in [1.165, 1.54) is 0 Å². The van der Waals surface area contributed by atoms with Gasteiger partial charge in [-0.05, 0) is 29.8 Å². The Balaban J connectivity index is 1.83. The number of benzene rings is 2. The van der Waals surface area contributed by atoms with Crippen LogP contribution in [0.25, 0.3) is 10.9 Å². The molecule has 1 amide bonds. The fourth-order valence-corrected chi connectivity index (χ4v) is 2.88. The number of nitrogens with zero attached hydrogens (tertiary/aromatic N) is 1. The highest BCUT2D eigenvalue weighted by Gasteiger charge is 2.12. The Morgan fingerprint density at radius 1 is 1.26 bits per heavy atom. The van der Waals surface area contributed by atoms with Crippen molar-refractivity contribution >= 4 is 34.1 Å². The number of nitrogens with one attached hydrogen (secondary N) is 1. The number of aryl methyl sites for hydroxylation is 1. The number of carbonyl (C=O) groups excluding carboxylic acids is 1. The number of methoxy groups -OCH3 is 1. The van der Waals surface area contributed by atoms with Gasteiger partial charge in [0.05, 0.1) is 19.2 Å². The van der Waals surface area contributed by atoms with E-state index in [9.17, 15) is 4.79 Å². The predicted molar refractivity (Wildman–Crippen MR) is 93.3 cm³/mol. The van der Waals surface area contributed by atoms with Gasteiger partial charge in [0.1, 0.15) is 5.75 Å². The van der Waals surface area contributed by atoms with E-state index < -0.39 is 0 Å². The number of anilines is 1. The van der Waals surface area contributed by atoms with Gasteiger partial charge < -0.3 is 14.6 Å². The maximum Gasteiger partial charge on any atom is 0.228 e. The number of fused-ring (bicyclic) bond motifs is 1. The first-order valence-corrected chi connectivity index (χ1v) is 7.62. The molecular formula is C18H17ClN2O2. The normalized spacial score (nSPS) is 10.7. The summed E-state index contributed by atoms with van der Waals surface area (Å²) in [6.45, 7) is 0. The number of halogens is 1. The Labute approximate surface area is 139 Å². The molecule has 2 aromatic carbocycles. The minimum Gasteiger partial charge on any atom is -0.495 e. The van der Waals surface area contributed by atoms with E-state index in [0.717, 1.165) is 16.5 Å². The largest absolute Gasteiger partial charge is 0.495 e. The van der Waals surface area contributed by atoms with Crippen LogP contribution in [0.4, 0.5) is 5.69 Å². The van der Waals surface area contributed by atoms with Gasteiger partial charge in [0.25, 0.3) is 0 Å². The third kappa shape index (κ3) is 3.17. The monoisotopic (exact) mass is 328 g/mol. The third-order valence-electron chi connectivity index (χ3n) is 3.77. The average molecular weight is 329 g/mol. The van der Waals surface area contributed by atoms with Gasteiger partial charge in [0, 0.05) is 29.2 Å². The minimum atomic E-state index is -0.109. The van der Waals surface area contributed by atoms with Crippen LogP contribution in [0.15, 0.2) is 48.7 Å². The SMILES string of the molecule is COc1ccc(Cl)cc1NC(=O)Cc1cn(C)c2ccccc12. The molecular weight excluding hydrogens is 312 g/mol. The van der Waals surface area contributed by atoms with Gasteiger partial charge in [-0.3, -0.25) is 4.79 Å². The van der Waals surface area contributed by atoms with E-state index >= 15 is 0 Å². The van der Waals surface area contributed by atoms with Crippen molar-refractivity contribution in [3.63, 3.8) is 0 Å². The summed E-state index contributed by atoms with van der Waals surface area (Å²) in [4.78, 5) is 12.4. The molecule has 23 heavy (non-hydrogen) atoms. The van der Waals surface area contributed by atoms with Crippen molar-refractivity contribution in [2.24, 2.45) is 7.05 Å². The molecule has 3 rings (SSSR count). The van der Waals surface area contributed by atoms with Gasteiger partial charge in [-0.1, -0.05) is 29.8 Å². The second kappa shape index (κ2) is 6.34. The first-order valence-electron chi connectivity index (χ1n) is 7.25. The van der Waals surface area contributed by atoms with Crippen molar-refractivity contribution in [2.75, 3.05) is 12.4 Å². The summed E-state index contributed by atoms with van der Waals surface area (Å²) in [6, 6.07) is 13.2. The fraction of sp³-hybridized carbons (Fsp3) is 0.167. The van der Waals surface area contributed by atoms with Crippen LogP contribution in [-0.4, -0.2) is 17.6 Å². The number of hydrogen-bond donors (Lipinski definition) is 1. The second-order valence-corrected chi connectivity index (χ2v) is 5.79. The van der Waals surface area contributed by atoms with Crippen molar-refractivity contribution in [3.8, 4) is 5.75 Å². The zero-order valence-electron chi connectivity index (χ0n) is 13.0. The summed E-state index contributed by atoms with van der Waals surface area (Å²) < 4.78 is 7.27. The molecule has 0 aliphatic rings. The van der Waals surface area contributed by atoms with Crippen LogP contribution in [0.1, 0.15) is 5.56 Å². The molecule has 0 fully saturated rings. The van der Waals surface area contributed by atoms with E-state index in [1.54, 1.807) is 25.3 Å². The summed E-state index contributed by atoms with van der Waals surface area (Å²) in [5, 5.41) is 4.50. The molecule has 3 aromatic rings. The van der Waals surface area contributed by atoms with E-state index in [1.807, 2.05) is 42.1 Å². The van der Waals surface area contributed by atoms with Gasteiger partial charge in [-0.2, -0.15) is 0 Å². The molecule has 1 heterocycles.